The Morgan fingerprint density at radius 3 is 2.47 bits per heavy atom. The molecule has 0 aliphatic rings. The van der Waals surface area contributed by atoms with Gasteiger partial charge in [-0.15, -0.1) is 10.2 Å². The highest BCUT2D eigenvalue weighted by molar-refractivity contribution is 7.91. The van der Waals surface area contributed by atoms with E-state index < -0.39 is 38.6 Å². The Morgan fingerprint density at radius 2 is 1.85 bits per heavy atom. The number of carbonyl (C=O) groups is 1. The standard InChI is InChI=1S/C23H23F3N4O3S/c1-5-15-9-13(2)10-17(11-15)33-22-19(14(3)20(29-30-22)23(24,25)26)21(31)28-16-7-6-8-18(12-16)34(4,27)32/h6-12,27H,5H2,1-4H3,(H,28,31). The Hall–Kier alpha value is -3.47. The molecule has 0 spiro atoms. The van der Waals surface area contributed by atoms with Crippen LogP contribution in [0.15, 0.2) is 47.4 Å². The number of nitrogens with one attached hydrogen (secondary N) is 2. The SMILES string of the molecule is CCc1cc(C)cc(Oc2nnc(C(F)(F)F)c(C)c2C(=O)Nc2cccc(S(C)(=N)=O)c2)c1. The summed E-state index contributed by atoms with van der Waals surface area (Å²) in [5.41, 5.74) is -0.228. The van der Waals surface area contributed by atoms with Crippen LogP contribution in [0.3, 0.4) is 0 Å². The lowest BCUT2D eigenvalue weighted by Crippen LogP contribution is -2.21. The van der Waals surface area contributed by atoms with Gasteiger partial charge in [-0.25, -0.2) is 8.99 Å². The first-order valence-corrected chi connectivity index (χ1v) is 12.1. The van der Waals surface area contributed by atoms with Crippen LogP contribution in [0.2, 0.25) is 0 Å². The number of ether oxygens (including phenoxy) is 1. The van der Waals surface area contributed by atoms with E-state index in [4.69, 9.17) is 9.52 Å². The molecule has 2 aromatic carbocycles. The maximum Gasteiger partial charge on any atom is 0.435 e. The summed E-state index contributed by atoms with van der Waals surface area (Å²) in [6.45, 7) is 4.90. The molecule has 0 radical (unpaired) electrons. The number of aryl methyl sites for hydroxylation is 2. The number of rotatable bonds is 6. The maximum atomic E-state index is 13.5. The van der Waals surface area contributed by atoms with Gasteiger partial charge in [-0.2, -0.15) is 13.2 Å². The predicted molar refractivity (Wildman–Crippen MR) is 122 cm³/mol. The van der Waals surface area contributed by atoms with Gasteiger partial charge in [0.15, 0.2) is 5.69 Å². The van der Waals surface area contributed by atoms with Crippen molar-refractivity contribution in [2.75, 3.05) is 11.6 Å². The maximum absolute atomic E-state index is 13.5. The van der Waals surface area contributed by atoms with Crippen molar-refractivity contribution in [1.82, 2.24) is 10.2 Å². The zero-order valence-corrected chi connectivity index (χ0v) is 19.7. The topological polar surface area (TPSA) is 105 Å². The van der Waals surface area contributed by atoms with Crippen molar-refractivity contribution in [3.63, 3.8) is 0 Å². The van der Waals surface area contributed by atoms with Gasteiger partial charge in [-0.1, -0.05) is 19.1 Å². The molecule has 11 heteroatoms. The monoisotopic (exact) mass is 492 g/mol. The third-order valence-electron chi connectivity index (χ3n) is 4.96. The number of halogens is 3. The molecule has 0 aliphatic heterocycles. The summed E-state index contributed by atoms with van der Waals surface area (Å²) in [6, 6.07) is 11.1. The minimum absolute atomic E-state index is 0.156. The number of hydrogen-bond donors (Lipinski definition) is 2. The van der Waals surface area contributed by atoms with Crippen LogP contribution in [0.25, 0.3) is 0 Å². The molecule has 2 N–H and O–H groups in total. The highest BCUT2D eigenvalue weighted by Gasteiger charge is 2.38. The average Bonchev–Trinajstić information content (AvgIpc) is 2.72. The van der Waals surface area contributed by atoms with Crippen molar-refractivity contribution in [3.8, 4) is 11.6 Å². The Morgan fingerprint density at radius 1 is 1.15 bits per heavy atom. The summed E-state index contributed by atoms with van der Waals surface area (Å²) in [5, 5.41) is 9.33. The molecule has 1 aromatic heterocycles. The van der Waals surface area contributed by atoms with Crippen molar-refractivity contribution in [1.29, 1.82) is 4.78 Å². The largest absolute Gasteiger partial charge is 0.437 e. The van der Waals surface area contributed by atoms with Crippen molar-refractivity contribution < 1.29 is 26.9 Å². The third-order valence-corrected chi connectivity index (χ3v) is 6.11. The van der Waals surface area contributed by atoms with Gasteiger partial charge in [0.05, 0.1) is 9.73 Å². The summed E-state index contributed by atoms with van der Waals surface area (Å²) >= 11 is 0. The second-order valence-electron chi connectivity index (χ2n) is 7.79. The van der Waals surface area contributed by atoms with Crippen LogP contribution in [0.4, 0.5) is 18.9 Å². The van der Waals surface area contributed by atoms with E-state index in [9.17, 15) is 22.2 Å². The molecule has 0 saturated carbocycles. The van der Waals surface area contributed by atoms with Crippen LogP contribution in [0, 0.1) is 18.6 Å². The van der Waals surface area contributed by atoms with Crippen LogP contribution in [0.5, 0.6) is 11.6 Å². The van der Waals surface area contributed by atoms with Crippen molar-refractivity contribution in [2.24, 2.45) is 0 Å². The number of anilines is 1. The number of alkyl halides is 3. The zero-order valence-electron chi connectivity index (χ0n) is 18.9. The van der Waals surface area contributed by atoms with E-state index in [1.54, 1.807) is 12.1 Å². The molecule has 0 aliphatic carbocycles. The number of benzene rings is 2. The summed E-state index contributed by atoms with van der Waals surface area (Å²) in [7, 11) is -3.07. The van der Waals surface area contributed by atoms with Gasteiger partial charge >= 0.3 is 6.18 Å². The first-order chi connectivity index (χ1) is 15.8. The van der Waals surface area contributed by atoms with E-state index in [2.05, 4.69) is 15.5 Å². The minimum atomic E-state index is -4.83. The van der Waals surface area contributed by atoms with E-state index in [-0.39, 0.29) is 16.5 Å². The van der Waals surface area contributed by atoms with E-state index >= 15 is 0 Å². The molecule has 180 valence electrons. The summed E-state index contributed by atoms with van der Waals surface area (Å²) in [5.74, 6) is -0.992. The quantitative estimate of drug-likeness (QED) is 0.456. The van der Waals surface area contributed by atoms with E-state index in [0.29, 0.717) is 12.2 Å². The van der Waals surface area contributed by atoms with Gasteiger partial charge in [-0.3, -0.25) is 4.79 Å². The molecule has 7 nitrogen and oxygen atoms in total. The fourth-order valence-electron chi connectivity index (χ4n) is 3.32. The normalized spacial score (nSPS) is 13.3. The van der Waals surface area contributed by atoms with E-state index in [1.807, 2.05) is 19.9 Å². The van der Waals surface area contributed by atoms with Crippen molar-refractivity contribution in [3.05, 3.63) is 70.4 Å². The highest BCUT2D eigenvalue weighted by Crippen LogP contribution is 2.35. The van der Waals surface area contributed by atoms with E-state index in [1.165, 1.54) is 30.5 Å². The highest BCUT2D eigenvalue weighted by atomic mass is 32.2. The fourth-order valence-corrected chi connectivity index (χ4v) is 4.01. The molecule has 1 amide bonds. The molecule has 3 aromatic rings. The Kier molecular flexibility index (Phi) is 6.97. The smallest absolute Gasteiger partial charge is 0.435 e. The molecule has 0 fully saturated rings. The summed E-state index contributed by atoms with van der Waals surface area (Å²) in [6.07, 6.45) is -2.91. The molecular weight excluding hydrogens is 469 g/mol. The second kappa shape index (κ2) is 9.41. The lowest BCUT2D eigenvalue weighted by atomic mass is 10.1. The Bertz CT molecular complexity index is 1360. The third kappa shape index (κ3) is 5.71. The van der Waals surface area contributed by atoms with Gasteiger partial charge in [0.1, 0.15) is 11.3 Å². The fraction of sp³-hybridized carbons (Fsp3) is 0.261. The molecule has 0 saturated heterocycles. The zero-order chi connectivity index (χ0) is 25.3. The number of amides is 1. The van der Waals surface area contributed by atoms with Gasteiger partial charge in [-0.05, 0) is 67.3 Å². The molecular formula is C23H23F3N4O3S. The number of hydrogen-bond acceptors (Lipinski definition) is 6. The molecule has 3 rings (SSSR count). The number of nitrogens with zero attached hydrogens (tertiary/aromatic N) is 2. The van der Waals surface area contributed by atoms with Gasteiger partial charge in [0.2, 0.25) is 0 Å². The van der Waals surface area contributed by atoms with Gasteiger partial charge < -0.3 is 10.1 Å². The van der Waals surface area contributed by atoms with Crippen molar-refractivity contribution >= 4 is 21.3 Å². The van der Waals surface area contributed by atoms with Crippen LogP contribution >= 0.6 is 0 Å². The summed E-state index contributed by atoms with van der Waals surface area (Å²) < 4.78 is 65.9. The predicted octanol–water partition coefficient (Wildman–Crippen LogP) is 5.75. The van der Waals surface area contributed by atoms with E-state index in [0.717, 1.165) is 18.1 Å². The van der Waals surface area contributed by atoms with Crippen LogP contribution < -0.4 is 10.1 Å². The van der Waals surface area contributed by atoms with Crippen LogP contribution in [-0.4, -0.2) is 26.6 Å². The van der Waals surface area contributed by atoms with Gasteiger partial charge in [0.25, 0.3) is 11.8 Å². The average molecular weight is 493 g/mol. The second-order valence-corrected chi connectivity index (χ2v) is 9.95. The molecule has 34 heavy (non-hydrogen) atoms. The molecule has 1 atom stereocenters. The lowest BCUT2D eigenvalue weighted by Gasteiger charge is -2.16. The molecule has 1 heterocycles. The Labute approximate surface area is 195 Å². The molecule has 1 unspecified atom stereocenters. The van der Waals surface area contributed by atoms with Crippen LogP contribution in [0.1, 0.15) is 39.7 Å². The first kappa shape index (κ1) is 25.2. The number of aromatic nitrogens is 2. The van der Waals surface area contributed by atoms with Crippen molar-refractivity contribution in [2.45, 2.75) is 38.3 Å². The van der Waals surface area contributed by atoms with Gasteiger partial charge in [0, 0.05) is 16.8 Å². The lowest BCUT2D eigenvalue weighted by molar-refractivity contribution is -0.142. The summed E-state index contributed by atoms with van der Waals surface area (Å²) in [4.78, 5) is 13.3. The molecule has 0 bridgehead atoms. The Balaban J connectivity index is 2.08. The first-order valence-electron chi connectivity index (χ1n) is 10.2. The minimum Gasteiger partial charge on any atom is -0.437 e. The van der Waals surface area contributed by atoms with Crippen LogP contribution in [-0.2, 0) is 22.3 Å². The number of carbonyl (C=O) groups excluding carboxylic acids is 1.